The largest absolute Gasteiger partial charge is 0.494 e. The van der Waals surface area contributed by atoms with Crippen molar-refractivity contribution < 1.29 is 19.1 Å². The first kappa shape index (κ1) is 21.5. The second-order valence-electron chi connectivity index (χ2n) is 6.25. The van der Waals surface area contributed by atoms with E-state index >= 15 is 0 Å². The summed E-state index contributed by atoms with van der Waals surface area (Å²) in [6.07, 6.45) is 0.802. The molecule has 2 aromatic carbocycles. The van der Waals surface area contributed by atoms with Gasteiger partial charge in [0.1, 0.15) is 11.5 Å². The van der Waals surface area contributed by atoms with Crippen LogP contribution in [0.2, 0.25) is 0 Å². The number of anilines is 2. The molecule has 1 heterocycles. The number of hydrogen-bond acceptors (Lipinski definition) is 5. The molecule has 1 aliphatic heterocycles. The fourth-order valence-electron chi connectivity index (χ4n) is 2.99. The van der Waals surface area contributed by atoms with Crippen molar-refractivity contribution in [2.75, 3.05) is 37.9 Å². The molecule has 150 valence electrons. The maximum Gasteiger partial charge on any atom is 0.255 e. The molecule has 1 atom stereocenters. The molecule has 3 rings (SSSR count). The van der Waals surface area contributed by atoms with Crippen LogP contribution in [-0.4, -0.2) is 39.1 Å². The summed E-state index contributed by atoms with van der Waals surface area (Å²) in [7, 11) is 3.02. The zero-order valence-electron chi connectivity index (χ0n) is 15.8. The van der Waals surface area contributed by atoms with Crippen molar-refractivity contribution in [3.63, 3.8) is 0 Å². The highest BCUT2D eigenvalue weighted by molar-refractivity contribution is 6.05. The van der Waals surface area contributed by atoms with Crippen LogP contribution in [0.15, 0.2) is 42.5 Å². The van der Waals surface area contributed by atoms with Crippen molar-refractivity contribution >= 4 is 35.6 Å². The number of halogens is 1. The molecular weight excluding hydrogens is 382 g/mol. The summed E-state index contributed by atoms with van der Waals surface area (Å²) in [5, 5.41) is 8.89. The van der Waals surface area contributed by atoms with Gasteiger partial charge < -0.3 is 25.4 Å². The van der Waals surface area contributed by atoms with Crippen LogP contribution in [0.4, 0.5) is 11.4 Å². The summed E-state index contributed by atoms with van der Waals surface area (Å²) in [5.41, 5.74) is 1.50. The van der Waals surface area contributed by atoms with Crippen LogP contribution in [0.3, 0.4) is 0 Å². The molecule has 1 aliphatic rings. The number of amides is 2. The third-order valence-electron chi connectivity index (χ3n) is 4.49. The van der Waals surface area contributed by atoms with Crippen LogP contribution < -0.4 is 25.4 Å². The number of hydrogen-bond donors (Lipinski definition) is 3. The average molecular weight is 406 g/mol. The Labute approximate surface area is 170 Å². The topological polar surface area (TPSA) is 88.7 Å². The highest BCUT2D eigenvalue weighted by atomic mass is 35.5. The minimum atomic E-state index is -0.259. The van der Waals surface area contributed by atoms with Gasteiger partial charge in [0.25, 0.3) is 5.91 Å². The van der Waals surface area contributed by atoms with Gasteiger partial charge in [-0.15, -0.1) is 12.4 Å². The van der Waals surface area contributed by atoms with E-state index in [9.17, 15) is 9.59 Å². The molecule has 0 bridgehead atoms. The minimum absolute atomic E-state index is 0. The summed E-state index contributed by atoms with van der Waals surface area (Å²) in [4.78, 5) is 24.8. The number of carbonyl (C=O) groups is 2. The van der Waals surface area contributed by atoms with Gasteiger partial charge in [-0.05, 0) is 25.1 Å². The lowest BCUT2D eigenvalue weighted by molar-refractivity contribution is -0.119. The average Bonchev–Trinajstić information content (AvgIpc) is 3.24. The Kier molecular flexibility index (Phi) is 7.66. The first-order valence-electron chi connectivity index (χ1n) is 8.76. The molecule has 1 saturated heterocycles. The molecule has 0 aromatic heterocycles. The smallest absolute Gasteiger partial charge is 0.255 e. The Bertz CT molecular complexity index is 824. The van der Waals surface area contributed by atoms with E-state index in [0.29, 0.717) is 35.0 Å². The first-order chi connectivity index (χ1) is 13.1. The Morgan fingerprint density at radius 2 is 1.61 bits per heavy atom. The van der Waals surface area contributed by atoms with Gasteiger partial charge in [-0.1, -0.05) is 18.2 Å². The molecule has 1 fully saturated rings. The van der Waals surface area contributed by atoms with Gasteiger partial charge >= 0.3 is 0 Å². The van der Waals surface area contributed by atoms with Crippen molar-refractivity contribution in [3.8, 4) is 11.5 Å². The summed E-state index contributed by atoms with van der Waals surface area (Å²) in [6, 6.07) is 12.2. The maximum atomic E-state index is 12.4. The molecule has 28 heavy (non-hydrogen) atoms. The van der Waals surface area contributed by atoms with Crippen molar-refractivity contribution in [2.45, 2.75) is 6.42 Å². The summed E-state index contributed by atoms with van der Waals surface area (Å²) in [6.45, 7) is 1.50. The van der Waals surface area contributed by atoms with Gasteiger partial charge in [-0.2, -0.15) is 0 Å². The van der Waals surface area contributed by atoms with Gasteiger partial charge in [0, 0.05) is 24.2 Å². The van der Waals surface area contributed by atoms with Gasteiger partial charge in [-0.25, -0.2) is 0 Å². The molecule has 2 aromatic rings. The van der Waals surface area contributed by atoms with E-state index in [4.69, 9.17) is 9.47 Å². The molecular formula is C20H24ClN3O4. The summed E-state index contributed by atoms with van der Waals surface area (Å²) < 4.78 is 10.8. The van der Waals surface area contributed by atoms with Crippen LogP contribution in [0.1, 0.15) is 16.8 Å². The van der Waals surface area contributed by atoms with E-state index in [0.717, 1.165) is 13.0 Å². The number of nitrogens with one attached hydrogen (secondary N) is 3. The van der Waals surface area contributed by atoms with Gasteiger partial charge in [0.15, 0.2) is 0 Å². The van der Waals surface area contributed by atoms with E-state index in [1.54, 1.807) is 36.4 Å². The normalized spacial score (nSPS) is 15.3. The number of benzene rings is 2. The Balaban J connectivity index is 0.00000280. The highest BCUT2D eigenvalue weighted by Crippen LogP contribution is 2.37. The van der Waals surface area contributed by atoms with Crippen LogP contribution in [0, 0.1) is 5.92 Å². The molecule has 2 amide bonds. The number of ether oxygens (including phenoxy) is 2. The molecule has 3 N–H and O–H groups in total. The minimum Gasteiger partial charge on any atom is -0.494 e. The number of rotatable bonds is 6. The summed E-state index contributed by atoms with van der Waals surface area (Å²) >= 11 is 0. The maximum absolute atomic E-state index is 12.4. The zero-order valence-corrected chi connectivity index (χ0v) is 16.6. The molecule has 1 unspecified atom stereocenters. The van der Waals surface area contributed by atoms with Gasteiger partial charge in [0.2, 0.25) is 5.91 Å². The van der Waals surface area contributed by atoms with Crippen molar-refractivity contribution in [1.82, 2.24) is 5.32 Å². The first-order valence-corrected chi connectivity index (χ1v) is 8.76. The summed E-state index contributed by atoms with van der Waals surface area (Å²) in [5.74, 6) is 0.475. The third-order valence-corrected chi connectivity index (χ3v) is 4.49. The third kappa shape index (κ3) is 4.94. The van der Waals surface area contributed by atoms with E-state index in [1.165, 1.54) is 14.2 Å². The van der Waals surface area contributed by atoms with E-state index in [-0.39, 0.29) is 30.1 Å². The molecule has 0 aliphatic carbocycles. The Morgan fingerprint density at radius 1 is 1.00 bits per heavy atom. The quantitative estimate of drug-likeness (QED) is 0.687. The fourth-order valence-corrected chi connectivity index (χ4v) is 2.99. The number of methoxy groups -OCH3 is 2. The lowest BCUT2D eigenvalue weighted by Gasteiger charge is -2.17. The highest BCUT2D eigenvalue weighted by Gasteiger charge is 2.24. The van der Waals surface area contributed by atoms with Gasteiger partial charge in [-0.3, -0.25) is 9.59 Å². The Morgan fingerprint density at radius 3 is 2.14 bits per heavy atom. The Hall–Kier alpha value is -2.77. The van der Waals surface area contributed by atoms with Crippen molar-refractivity contribution in [3.05, 3.63) is 48.0 Å². The zero-order chi connectivity index (χ0) is 19.2. The predicted octanol–water partition coefficient (Wildman–Crippen LogP) is 2.93. The molecule has 0 spiro atoms. The van der Waals surface area contributed by atoms with Crippen LogP contribution in [0.25, 0.3) is 0 Å². The van der Waals surface area contributed by atoms with E-state index in [1.807, 2.05) is 6.07 Å². The predicted molar refractivity (Wildman–Crippen MR) is 111 cm³/mol. The molecule has 0 saturated carbocycles. The second kappa shape index (κ2) is 9.96. The SMILES string of the molecule is COc1cc(NC(=O)C2CCNC2)c(OC)cc1NC(=O)c1ccccc1.Cl. The van der Waals surface area contributed by atoms with Crippen LogP contribution in [-0.2, 0) is 4.79 Å². The lowest BCUT2D eigenvalue weighted by atomic mass is 10.1. The molecule has 8 heteroatoms. The fraction of sp³-hybridized carbons (Fsp3) is 0.300. The number of carbonyl (C=O) groups excluding carboxylic acids is 2. The molecule has 7 nitrogen and oxygen atoms in total. The van der Waals surface area contributed by atoms with Crippen molar-refractivity contribution in [1.29, 1.82) is 0 Å². The monoisotopic (exact) mass is 405 g/mol. The standard InChI is InChI=1S/C20H23N3O4.ClH/c1-26-17-11-16(23-20(25)14-8-9-21-12-14)18(27-2)10-15(17)22-19(24)13-6-4-3-5-7-13;/h3-7,10-11,14,21H,8-9,12H2,1-2H3,(H,22,24)(H,23,25);1H. The molecule has 0 radical (unpaired) electrons. The van der Waals surface area contributed by atoms with Crippen molar-refractivity contribution in [2.24, 2.45) is 5.92 Å². The van der Waals surface area contributed by atoms with E-state index < -0.39 is 0 Å². The van der Waals surface area contributed by atoms with Crippen LogP contribution >= 0.6 is 12.4 Å². The second-order valence-corrected chi connectivity index (χ2v) is 6.25. The van der Waals surface area contributed by atoms with E-state index in [2.05, 4.69) is 16.0 Å². The lowest BCUT2D eigenvalue weighted by Crippen LogP contribution is -2.25. The van der Waals surface area contributed by atoms with Gasteiger partial charge in [0.05, 0.1) is 31.5 Å². The van der Waals surface area contributed by atoms with Crippen LogP contribution in [0.5, 0.6) is 11.5 Å².